The van der Waals surface area contributed by atoms with Crippen LogP contribution in [0.3, 0.4) is 0 Å². The summed E-state index contributed by atoms with van der Waals surface area (Å²) in [5.74, 6) is -2.34. The van der Waals surface area contributed by atoms with Gasteiger partial charge in [-0.05, 0) is 23.3 Å². The first-order valence-corrected chi connectivity index (χ1v) is 7.96. The van der Waals surface area contributed by atoms with Crippen molar-refractivity contribution < 1.29 is 31.3 Å². The van der Waals surface area contributed by atoms with Gasteiger partial charge in [0.1, 0.15) is 13.1 Å². The molecular formula is C20H24N2O4. The van der Waals surface area contributed by atoms with Gasteiger partial charge in [0.2, 0.25) is 0 Å². The minimum atomic E-state index is -1.17. The van der Waals surface area contributed by atoms with Gasteiger partial charge in [0, 0.05) is 0 Å². The van der Waals surface area contributed by atoms with Crippen LogP contribution in [0.2, 0.25) is 0 Å². The molecule has 0 saturated carbocycles. The SMILES string of the molecule is O=C([O-])C=Cc1ccccc1.O=C([O-])C=Cc1ccccc1.[NH3+]CC[NH3+]. The Labute approximate surface area is 153 Å². The van der Waals surface area contributed by atoms with E-state index in [9.17, 15) is 19.8 Å². The van der Waals surface area contributed by atoms with E-state index in [-0.39, 0.29) is 0 Å². The summed E-state index contributed by atoms with van der Waals surface area (Å²) in [7, 11) is 0. The van der Waals surface area contributed by atoms with Crippen molar-refractivity contribution in [2.45, 2.75) is 0 Å². The highest BCUT2D eigenvalue weighted by atomic mass is 16.4. The molecule has 2 rings (SSSR count). The summed E-state index contributed by atoms with van der Waals surface area (Å²) in [5, 5.41) is 19.9. The quantitative estimate of drug-likeness (QED) is 0.622. The van der Waals surface area contributed by atoms with E-state index in [0.717, 1.165) is 36.4 Å². The smallest absolute Gasteiger partial charge is 0.124 e. The highest BCUT2D eigenvalue weighted by Crippen LogP contribution is 2.00. The Morgan fingerprint density at radius 2 is 1.00 bits per heavy atom. The molecule has 6 nitrogen and oxygen atoms in total. The Balaban J connectivity index is 0.000000401. The molecule has 6 N–H and O–H groups in total. The van der Waals surface area contributed by atoms with Crippen molar-refractivity contribution in [2.75, 3.05) is 13.1 Å². The van der Waals surface area contributed by atoms with Crippen LogP contribution in [-0.4, -0.2) is 25.0 Å². The monoisotopic (exact) mass is 356 g/mol. The number of carbonyl (C=O) groups excluding carboxylic acids is 2. The van der Waals surface area contributed by atoms with Gasteiger partial charge in [-0.3, -0.25) is 0 Å². The maximum absolute atomic E-state index is 9.97. The van der Waals surface area contributed by atoms with E-state index in [1.54, 1.807) is 0 Å². The van der Waals surface area contributed by atoms with Crippen molar-refractivity contribution in [1.82, 2.24) is 0 Å². The molecule has 0 amide bonds. The van der Waals surface area contributed by atoms with E-state index >= 15 is 0 Å². The average Bonchev–Trinajstić information content (AvgIpc) is 2.67. The van der Waals surface area contributed by atoms with Crippen LogP contribution >= 0.6 is 0 Å². The van der Waals surface area contributed by atoms with Crippen LogP contribution in [-0.2, 0) is 9.59 Å². The summed E-state index contributed by atoms with van der Waals surface area (Å²) in [6, 6.07) is 18.4. The van der Waals surface area contributed by atoms with Crippen LogP contribution < -0.4 is 21.7 Å². The average molecular weight is 356 g/mol. The zero-order chi connectivity index (χ0) is 19.6. The standard InChI is InChI=1S/2C9H8O2.C2H8N2/c2*10-9(11)7-6-8-4-2-1-3-5-8;3-1-2-4/h2*1-7H,(H,10,11);1-4H2. The van der Waals surface area contributed by atoms with Crippen LogP contribution in [0.15, 0.2) is 72.8 Å². The topological polar surface area (TPSA) is 136 Å². The van der Waals surface area contributed by atoms with Gasteiger partial charge in [-0.2, -0.15) is 0 Å². The third-order valence-corrected chi connectivity index (χ3v) is 2.67. The minimum Gasteiger partial charge on any atom is -0.545 e. The highest BCUT2D eigenvalue weighted by Gasteiger charge is 1.81. The summed E-state index contributed by atoms with van der Waals surface area (Å²) in [6.07, 6.45) is 5.01. The molecule has 0 fully saturated rings. The van der Waals surface area contributed by atoms with Gasteiger partial charge >= 0.3 is 0 Å². The molecule has 0 saturated heterocycles. The summed E-state index contributed by atoms with van der Waals surface area (Å²) in [6.45, 7) is 1.92. The van der Waals surface area contributed by atoms with Gasteiger partial charge in [0.15, 0.2) is 0 Å². The Morgan fingerprint density at radius 3 is 1.23 bits per heavy atom. The Kier molecular flexibility index (Phi) is 13.4. The predicted octanol–water partition coefficient (Wildman–Crippen LogP) is -1.63. The molecule has 0 radical (unpaired) electrons. The van der Waals surface area contributed by atoms with Crippen molar-refractivity contribution in [3.05, 3.63) is 83.9 Å². The lowest BCUT2D eigenvalue weighted by Crippen LogP contribution is -2.64. The molecule has 138 valence electrons. The number of carboxylic acids is 2. The third-order valence-electron chi connectivity index (χ3n) is 2.67. The Bertz CT molecular complexity index is 622. The van der Waals surface area contributed by atoms with Crippen molar-refractivity contribution in [3.8, 4) is 0 Å². The van der Waals surface area contributed by atoms with Gasteiger partial charge in [0.05, 0.1) is 11.9 Å². The first-order valence-electron chi connectivity index (χ1n) is 7.96. The first-order chi connectivity index (χ1) is 12.5. The second kappa shape index (κ2) is 15.3. The van der Waals surface area contributed by atoms with Crippen LogP contribution in [0.25, 0.3) is 12.2 Å². The number of hydrogen-bond acceptors (Lipinski definition) is 4. The van der Waals surface area contributed by atoms with Gasteiger partial charge in [0.25, 0.3) is 0 Å². The molecular weight excluding hydrogens is 332 g/mol. The van der Waals surface area contributed by atoms with Crippen LogP contribution in [0.4, 0.5) is 0 Å². The van der Waals surface area contributed by atoms with Crippen molar-refractivity contribution in [2.24, 2.45) is 0 Å². The first kappa shape index (κ1) is 22.8. The van der Waals surface area contributed by atoms with Gasteiger partial charge in [-0.1, -0.05) is 72.8 Å². The maximum Gasteiger partial charge on any atom is 0.124 e. The van der Waals surface area contributed by atoms with E-state index in [2.05, 4.69) is 11.5 Å². The van der Waals surface area contributed by atoms with Gasteiger partial charge in [-0.15, -0.1) is 0 Å². The molecule has 0 bridgehead atoms. The molecule has 0 unspecified atom stereocenters. The summed E-state index contributed by atoms with van der Waals surface area (Å²) in [5.41, 5.74) is 8.80. The molecule has 0 heterocycles. The zero-order valence-corrected chi connectivity index (χ0v) is 14.5. The van der Waals surface area contributed by atoms with E-state index in [0.29, 0.717) is 0 Å². The molecule has 0 aliphatic rings. The fourth-order valence-corrected chi connectivity index (χ4v) is 1.46. The molecule has 0 atom stereocenters. The number of benzene rings is 2. The van der Waals surface area contributed by atoms with Gasteiger partial charge in [-0.25, -0.2) is 0 Å². The van der Waals surface area contributed by atoms with Crippen LogP contribution in [0, 0.1) is 0 Å². The molecule has 6 heteroatoms. The van der Waals surface area contributed by atoms with E-state index in [1.807, 2.05) is 60.7 Å². The summed E-state index contributed by atoms with van der Waals surface area (Å²) < 4.78 is 0. The second-order valence-corrected chi connectivity index (χ2v) is 4.83. The molecule has 26 heavy (non-hydrogen) atoms. The zero-order valence-electron chi connectivity index (χ0n) is 14.5. The molecule has 0 aromatic heterocycles. The molecule has 0 aliphatic carbocycles. The van der Waals surface area contributed by atoms with E-state index in [1.165, 1.54) is 12.2 Å². The molecule has 0 aliphatic heterocycles. The van der Waals surface area contributed by atoms with Gasteiger partial charge < -0.3 is 31.3 Å². The molecule has 2 aromatic rings. The summed E-state index contributed by atoms with van der Waals surface area (Å²) in [4.78, 5) is 19.9. The fourth-order valence-electron chi connectivity index (χ4n) is 1.46. The third kappa shape index (κ3) is 14.4. The van der Waals surface area contributed by atoms with Crippen molar-refractivity contribution >= 4 is 24.1 Å². The largest absolute Gasteiger partial charge is 0.545 e. The maximum atomic E-state index is 9.97. The Hall–Kier alpha value is -3.22. The number of carbonyl (C=O) groups is 2. The second-order valence-electron chi connectivity index (χ2n) is 4.83. The minimum absolute atomic E-state index is 0.858. The van der Waals surface area contributed by atoms with Crippen molar-refractivity contribution in [1.29, 1.82) is 0 Å². The number of rotatable bonds is 5. The fraction of sp³-hybridized carbons (Fsp3) is 0.100. The number of quaternary nitrogens is 2. The van der Waals surface area contributed by atoms with Crippen LogP contribution in [0.5, 0.6) is 0 Å². The normalized spacial score (nSPS) is 9.77. The van der Waals surface area contributed by atoms with Crippen LogP contribution in [0.1, 0.15) is 11.1 Å². The molecule has 2 aromatic carbocycles. The van der Waals surface area contributed by atoms with E-state index < -0.39 is 11.9 Å². The highest BCUT2D eigenvalue weighted by molar-refractivity contribution is 5.83. The summed E-state index contributed by atoms with van der Waals surface area (Å²) >= 11 is 0. The Morgan fingerprint density at radius 1 is 0.692 bits per heavy atom. The number of carboxylic acid groups (broad SMARTS) is 2. The lowest BCUT2D eigenvalue weighted by molar-refractivity contribution is -0.453. The lowest BCUT2D eigenvalue weighted by Gasteiger charge is -1.91. The number of hydrogen-bond donors (Lipinski definition) is 2. The lowest BCUT2D eigenvalue weighted by atomic mass is 10.2. The van der Waals surface area contributed by atoms with Crippen molar-refractivity contribution in [3.63, 3.8) is 0 Å². The molecule has 0 spiro atoms. The van der Waals surface area contributed by atoms with E-state index in [4.69, 9.17) is 0 Å². The predicted molar refractivity (Wildman–Crippen MR) is 96.5 cm³/mol. The number of aliphatic carboxylic acids is 2.